The highest BCUT2D eigenvalue weighted by atomic mass is 19.1. The molecule has 1 aromatic carbocycles. The van der Waals surface area contributed by atoms with Gasteiger partial charge in [0.1, 0.15) is 24.2 Å². The summed E-state index contributed by atoms with van der Waals surface area (Å²) in [5.74, 6) is 1.56. The van der Waals surface area contributed by atoms with E-state index in [0.717, 1.165) is 69.1 Å². The van der Waals surface area contributed by atoms with Crippen LogP contribution in [0.3, 0.4) is 0 Å². The Morgan fingerprint density at radius 2 is 1.77 bits per heavy atom. The number of halogens is 1. The van der Waals surface area contributed by atoms with E-state index in [0.29, 0.717) is 22.5 Å². The molecule has 9 nitrogen and oxygen atoms in total. The van der Waals surface area contributed by atoms with Crippen LogP contribution in [0.15, 0.2) is 43.2 Å². The molecule has 2 saturated heterocycles. The summed E-state index contributed by atoms with van der Waals surface area (Å²) in [5, 5.41) is 11.6. The van der Waals surface area contributed by atoms with Gasteiger partial charge in [-0.1, -0.05) is 13.8 Å². The third-order valence-corrected chi connectivity index (χ3v) is 8.86. The average molecular weight is 527 g/mol. The van der Waals surface area contributed by atoms with Crippen LogP contribution in [0, 0.1) is 33.4 Å². The Hall–Kier alpha value is -3.68. The first-order chi connectivity index (χ1) is 18.8. The van der Waals surface area contributed by atoms with Gasteiger partial charge in [0, 0.05) is 55.5 Å². The standard InChI is InChI=1S/C29H31FN8O/c1-19(2)25-22(6-32-17-34-25)21-5-20(30)3-4-23(21)39-24-7-33-18-35-26(24)37-13-29(14-37)15-38(16-29)36-12-28-8-27(9-28,10-28)11-31/h3-7,17-19,36H,8-10,12-16H2,1-2H3. The van der Waals surface area contributed by atoms with Gasteiger partial charge in [0.05, 0.1) is 23.4 Å². The van der Waals surface area contributed by atoms with Crippen molar-refractivity contribution >= 4 is 5.82 Å². The Morgan fingerprint density at radius 1 is 1.03 bits per heavy atom. The van der Waals surface area contributed by atoms with E-state index in [1.807, 2.05) is 13.8 Å². The van der Waals surface area contributed by atoms with Gasteiger partial charge in [0.2, 0.25) is 0 Å². The minimum Gasteiger partial charge on any atom is -0.451 e. The van der Waals surface area contributed by atoms with Crippen molar-refractivity contribution in [2.45, 2.75) is 39.0 Å². The van der Waals surface area contributed by atoms with E-state index in [-0.39, 0.29) is 22.6 Å². The SMILES string of the molecule is CC(C)c1ncncc1-c1cc(F)ccc1Oc1cncnc1N1CC2(CN(NCC34CC(C#N)(C3)C4)C2)C1. The molecule has 0 radical (unpaired) electrons. The van der Waals surface area contributed by atoms with Gasteiger partial charge in [-0.25, -0.2) is 29.3 Å². The van der Waals surface area contributed by atoms with Crippen molar-refractivity contribution in [1.82, 2.24) is 30.4 Å². The molecule has 1 N–H and O–H groups in total. The fourth-order valence-corrected chi connectivity index (χ4v) is 7.12. The lowest BCUT2D eigenvalue weighted by Crippen LogP contribution is -2.76. The Morgan fingerprint density at radius 3 is 2.51 bits per heavy atom. The van der Waals surface area contributed by atoms with Crippen molar-refractivity contribution in [1.29, 1.82) is 5.26 Å². The number of nitrogens with zero attached hydrogens (tertiary/aromatic N) is 7. The normalized spacial score (nSPS) is 26.3. The molecular formula is C29H31FN8O. The predicted octanol–water partition coefficient (Wildman–Crippen LogP) is 4.31. The van der Waals surface area contributed by atoms with Gasteiger partial charge < -0.3 is 9.64 Å². The van der Waals surface area contributed by atoms with Crippen LogP contribution in [0.25, 0.3) is 11.1 Å². The average Bonchev–Trinajstić information content (AvgIpc) is 2.84. The topological polar surface area (TPSA) is 103 Å². The van der Waals surface area contributed by atoms with Gasteiger partial charge in [0.25, 0.3) is 0 Å². The second-order valence-corrected chi connectivity index (χ2v) is 12.4. The maximum Gasteiger partial charge on any atom is 0.188 e. The molecule has 5 aliphatic rings. The molecule has 2 aromatic heterocycles. The summed E-state index contributed by atoms with van der Waals surface area (Å²) in [5.41, 5.74) is 6.40. The molecular weight excluding hydrogens is 495 g/mol. The minimum absolute atomic E-state index is 0.00388. The van der Waals surface area contributed by atoms with Crippen LogP contribution < -0.4 is 15.1 Å². The van der Waals surface area contributed by atoms with Gasteiger partial charge in [-0.3, -0.25) is 5.43 Å². The monoisotopic (exact) mass is 526 g/mol. The molecule has 3 aliphatic carbocycles. The molecule has 2 bridgehead atoms. The van der Waals surface area contributed by atoms with Crippen LogP contribution in [0.1, 0.15) is 44.7 Å². The van der Waals surface area contributed by atoms with Gasteiger partial charge in [-0.2, -0.15) is 5.26 Å². The highest BCUT2D eigenvalue weighted by molar-refractivity contribution is 5.73. The third kappa shape index (κ3) is 4.03. The number of nitriles is 1. The van der Waals surface area contributed by atoms with E-state index < -0.39 is 0 Å². The van der Waals surface area contributed by atoms with E-state index >= 15 is 0 Å². The first-order valence-electron chi connectivity index (χ1n) is 13.5. The van der Waals surface area contributed by atoms with Gasteiger partial charge in [-0.05, 0) is 48.8 Å². The number of aromatic nitrogens is 4. The highest BCUT2D eigenvalue weighted by Gasteiger charge is 2.68. The summed E-state index contributed by atoms with van der Waals surface area (Å²) in [6, 6.07) is 6.98. The van der Waals surface area contributed by atoms with Gasteiger partial charge in [-0.15, -0.1) is 0 Å². The summed E-state index contributed by atoms with van der Waals surface area (Å²) in [6.07, 6.45) is 9.58. The Balaban J connectivity index is 1.02. The van der Waals surface area contributed by atoms with Crippen LogP contribution in [0.4, 0.5) is 10.2 Å². The van der Waals surface area contributed by atoms with Gasteiger partial charge in [0.15, 0.2) is 11.6 Å². The number of ether oxygens (including phenoxy) is 1. The number of hydrogen-bond acceptors (Lipinski definition) is 9. The zero-order valence-corrected chi connectivity index (χ0v) is 22.2. The van der Waals surface area contributed by atoms with Crippen molar-refractivity contribution in [2.75, 3.05) is 37.6 Å². The molecule has 200 valence electrons. The highest BCUT2D eigenvalue weighted by Crippen LogP contribution is 2.72. The van der Waals surface area contributed by atoms with Crippen LogP contribution >= 0.6 is 0 Å². The molecule has 3 saturated carbocycles. The molecule has 0 amide bonds. The number of benzene rings is 1. The predicted molar refractivity (Wildman–Crippen MR) is 142 cm³/mol. The third-order valence-electron chi connectivity index (χ3n) is 8.86. The molecule has 8 rings (SSSR count). The van der Waals surface area contributed by atoms with Crippen molar-refractivity contribution < 1.29 is 9.13 Å². The van der Waals surface area contributed by atoms with E-state index in [2.05, 4.69) is 41.3 Å². The maximum absolute atomic E-state index is 14.4. The van der Waals surface area contributed by atoms with Crippen molar-refractivity contribution in [2.24, 2.45) is 16.2 Å². The lowest BCUT2D eigenvalue weighted by atomic mass is 9.36. The fraction of sp³-hybridized carbons (Fsp3) is 0.483. The molecule has 4 heterocycles. The summed E-state index contributed by atoms with van der Waals surface area (Å²) in [4.78, 5) is 19.6. The van der Waals surface area contributed by atoms with Crippen molar-refractivity contribution in [3.63, 3.8) is 0 Å². The minimum atomic E-state index is -0.355. The van der Waals surface area contributed by atoms with Crippen LogP contribution in [-0.4, -0.2) is 57.7 Å². The smallest absolute Gasteiger partial charge is 0.188 e. The van der Waals surface area contributed by atoms with Gasteiger partial charge >= 0.3 is 0 Å². The summed E-state index contributed by atoms with van der Waals surface area (Å²) < 4.78 is 20.7. The summed E-state index contributed by atoms with van der Waals surface area (Å²) in [7, 11) is 0. The molecule has 0 atom stereocenters. The number of nitrogens with one attached hydrogen (secondary N) is 1. The zero-order valence-electron chi connectivity index (χ0n) is 22.2. The van der Waals surface area contributed by atoms with Crippen molar-refractivity contribution in [3.05, 3.63) is 54.8 Å². The second-order valence-electron chi connectivity index (χ2n) is 12.4. The number of hydrazine groups is 1. The molecule has 39 heavy (non-hydrogen) atoms. The lowest BCUT2D eigenvalue weighted by molar-refractivity contribution is -0.176. The maximum atomic E-state index is 14.4. The molecule has 5 fully saturated rings. The molecule has 1 spiro atoms. The largest absolute Gasteiger partial charge is 0.451 e. The second kappa shape index (κ2) is 8.66. The quantitative estimate of drug-likeness (QED) is 0.460. The Labute approximate surface area is 227 Å². The molecule has 10 heteroatoms. The number of anilines is 1. The molecule has 0 unspecified atom stereocenters. The number of rotatable bonds is 8. The first-order valence-corrected chi connectivity index (χ1v) is 13.5. The number of hydrogen-bond donors (Lipinski definition) is 1. The zero-order chi connectivity index (χ0) is 26.8. The van der Waals surface area contributed by atoms with Crippen LogP contribution in [-0.2, 0) is 0 Å². The van der Waals surface area contributed by atoms with E-state index in [1.54, 1.807) is 18.5 Å². The van der Waals surface area contributed by atoms with E-state index in [1.165, 1.54) is 24.8 Å². The van der Waals surface area contributed by atoms with Crippen LogP contribution in [0.5, 0.6) is 11.5 Å². The van der Waals surface area contributed by atoms with E-state index in [9.17, 15) is 9.65 Å². The summed E-state index contributed by atoms with van der Waals surface area (Å²) in [6.45, 7) is 8.85. The van der Waals surface area contributed by atoms with Crippen molar-refractivity contribution in [3.8, 4) is 28.7 Å². The van der Waals surface area contributed by atoms with E-state index in [4.69, 9.17) is 4.74 Å². The molecule has 2 aliphatic heterocycles. The summed E-state index contributed by atoms with van der Waals surface area (Å²) >= 11 is 0. The lowest BCUT2D eigenvalue weighted by Gasteiger charge is -2.68. The Kier molecular flexibility index (Phi) is 5.41. The Bertz CT molecular complexity index is 1450. The molecule has 3 aromatic rings. The fourth-order valence-electron chi connectivity index (χ4n) is 7.12. The van der Waals surface area contributed by atoms with Crippen LogP contribution in [0.2, 0.25) is 0 Å². The first kappa shape index (κ1) is 24.4.